The summed E-state index contributed by atoms with van der Waals surface area (Å²) < 4.78 is 31.5. The van der Waals surface area contributed by atoms with Gasteiger partial charge in [0.05, 0.1) is 18.0 Å². The number of fused-ring (bicyclic) bond motifs is 1. The predicted octanol–water partition coefficient (Wildman–Crippen LogP) is 1.26. The number of amides is 1. The Labute approximate surface area is 139 Å². The van der Waals surface area contributed by atoms with Gasteiger partial charge in [-0.25, -0.2) is 12.7 Å². The van der Waals surface area contributed by atoms with Crippen molar-refractivity contribution in [2.75, 3.05) is 19.3 Å². The molecule has 7 heteroatoms. The van der Waals surface area contributed by atoms with Crippen molar-refractivity contribution in [3.8, 4) is 0 Å². The molecule has 1 amide bonds. The maximum absolute atomic E-state index is 11.7. The standard InChI is InChI=1S/C16H28N2O4S/c1-12(19)17-14-11-16(22-15-6-4-3-5-13(14)15)7-9-18(10-8-16)23(2,20)21/h13-15H,3-11H2,1-2H3,(H,17,19)/t13-,14+,15+/m0/s1. The van der Waals surface area contributed by atoms with Gasteiger partial charge in [-0.05, 0) is 32.1 Å². The van der Waals surface area contributed by atoms with E-state index in [2.05, 4.69) is 5.32 Å². The van der Waals surface area contributed by atoms with Crippen LogP contribution in [0.25, 0.3) is 0 Å². The second-order valence-corrected chi connectivity index (χ2v) is 9.44. The summed E-state index contributed by atoms with van der Waals surface area (Å²) in [6.07, 6.45) is 8.28. The van der Waals surface area contributed by atoms with Gasteiger partial charge in [0.2, 0.25) is 15.9 Å². The topological polar surface area (TPSA) is 75.7 Å². The lowest BCUT2D eigenvalue weighted by atomic mass is 9.72. The van der Waals surface area contributed by atoms with Crippen LogP contribution < -0.4 is 5.32 Å². The molecule has 1 N–H and O–H groups in total. The van der Waals surface area contributed by atoms with E-state index < -0.39 is 10.0 Å². The maximum atomic E-state index is 11.7. The van der Waals surface area contributed by atoms with Crippen LogP contribution in [0, 0.1) is 5.92 Å². The van der Waals surface area contributed by atoms with E-state index in [1.165, 1.54) is 19.1 Å². The smallest absolute Gasteiger partial charge is 0.217 e. The summed E-state index contributed by atoms with van der Waals surface area (Å²) in [5.74, 6) is 0.427. The lowest BCUT2D eigenvalue weighted by molar-refractivity contribution is -0.189. The Balaban J connectivity index is 1.74. The van der Waals surface area contributed by atoms with Gasteiger partial charge in [-0.2, -0.15) is 0 Å². The third-order valence-electron chi connectivity index (χ3n) is 5.76. The van der Waals surface area contributed by atoms with Crippen LogP contribution in [-0.2, 0) is 19.6 Å². The van der Waals surface area contributed by atoms with E-state index in [0.717, 1.165) is 32.1 Å². The SMILES string of the molecule is CC(=O)N[C@@H]1CC2(CCN(S(C)(=O)=O)CC2)O[C@@H]2CCCC[C@@H]12. The van der Waals surface area contributed by atoms with Gasteiger partial charge >= 0.3 is 0 Å². The van der Waals surface area contributed by atoms with Gasteiger partial charge in [0.25, 0.3) is 0 Å². The number of carbonyl (C=O) groups is 1. The van der Waals surface area contributed by atoms with Crippen LogP contribution in [0.4, 0.5) is 0 Å². The van der Waals surface area contributed by atoms with Gasteiger partial charge < -0.3 is 10.1 Å². The molecule has 0 bridgehead atoms. The number of rotatable bonds is 2. The molecule has 0 aromatic rings. The van der Waals surface area contributed by atoms with Crippen molar-refractivity contribution >= 4 is 15.9 Å². The number of nitrogens with zero attached hydrogens (tertiary/aromatic N) is 1. The quantitative estimate of drug-likeness (QED) is 0.818. The average Bonchev–Trinajstić information content (AvgIpc) is 2.46. The first-order valence-corrected chi connectivity index (χ1v) is 10.5. The minimum Gasteiger partial charge on any atom is -0.371 e. The Bertz CT molecular complexity index is 554. The molecule has 3 fully saturated rings. The Hall–Kier alpha value is -0.660. The molecule has 0 radical (unpaired) electrons. The number of piperidine rings is 1. The average molecular weight is 344 g/mol. The Morgan fingerprint density at radius 2 is 1.87 bits per heavy atom. The van der Waals surface area contributed by atoms with E-state index in [0.29, 0.717) is 19.0 Å². The second-order valence-electron chi connectivity index (χ2n) is 7.46. The zero-order chi connectivity index (χ0) is 16.7. The van der Waals surface area contributed by atoms with E-state index in [9.17, 15) is 13.2 Å². The Kier molecular flexibility index (Phi) is 4.73. The first-order valence-electron chi connectivity index (χ1n) is 8.69. The molecule has 23 heavy (non-hydrogen) atoms. The normalized spacial score (nSPS) is 34.8. The fraction of sp³-hybridized carbons (Fsp3) is 0.938. The zero-order valence-electron chi connectivity index (χ0n) is 14.1. The summed E-state index contributed by atoms with van der Waals surface area (Å²) in [5.41, 5.74) is -0.271. The minimum atomic E-state index is -3.13. The predicted molar refractivity (Wildman–Crippen MR) is 87.4 cm³/mol. The molecule has 0 aromatic heterocycles. The number of nitrogens with one attached hydrogen (secondary N) is 1. The van der Waals surface area contributed by atoms with E-state index in [-0.39, 0.29) is 23.7 Å². The van der Waals surface area contributed by atoms with Crippen molar-refractivity contribution < 1.29 is 17.9 Å². The fourth-order valence-electron chi connectivity index (χ4n) is 4.62. The lowest BCUT2D eigenvalue weighted by Crippen LogP contribution is -2.60. The number of carbonyl (C=O) groups excluding carboxylic acids is 1. The molecule has 0 aromatic carbocycles. The molecule has 132 valence electrons. The van der Waals surface area contributed by atoms with Crippen molar-refractivity contribution in [1.82, 2.24) is 9.62 Å². The summed E-state index contributed by atoms with van der Waals surface area (Å²) in [5, 5.41) is 3.14. The second kappa shape index (κ2) is 6.33. The first-order chi connectivity index (χ1) is 10.8. The molecular formula is C16H28N2O4S. The van der Waals surface area contributed by atoms with Crippen LogP contribution in [0.15, 0.2) is 0 Å². The van der Waals surface area contributed by atoms with Crippen LogP contribution in [0.5, 0.6) is 0 Å². The van der Waals surface area contributed by atoms with Crippen molar-refractivity contribution in [1.29, 1.82) is 0 Å². The Morgan fingerprint density at radius 3 is 2.48 bits per heavy atom. The van der Waals surface area contributed by atoms with E-state index in [1.54, 1.807) is 11.2 Å². The molecule has 1 spiro atoms. The molecule has 6 nitrogen and oxygen atoms in total. The number of hydrogen-bond acceptors (Lipinski definition) is 4. The number of ether oxygens (including phenoxy) is 1. The van der Waals surface area contributed by atoms with Gasteiger partial charge in [0.15, 0.2) is 0 Å². The summed E-state index contributed by atoms with van der Waals surface area (Å²) >= 11 is 0. The van der Waals surface area contributed by atoms with Gasteiger partial charge in [0, 0.05) is 32.0 Å². The maximum Gasteiger partial charge on any atom is 0.217 e. The first kappa shape index (κ1) is 17.2. The molecule has 2 aliphatic heterocycles. The van der Waals surface area contributed by atoms with E-state index in [4.69, 9.17) is 4.74 Å². The number of sulfonamides is 1. The molecule has 1 saturated carbocycles. The molecule has 0 unspecified atom stereocenters. The highest BCUT2D eigenvalue weighted by molar-refractivity contribution is 7.88. The van der Waals surface area contributed by atoms with Gasteiger partial charge in [0.1, 0.15) is 0 Å². The van der Waals surface area contributed by atoms with Crippen LogP contribution >= 0.6 is 0 Å². The van der Waals surface area contributed by atoms with Crippen LogP contribution in [0.1, 0.15) is 51.9 Å². The van der Waals surface area contributed by atoms with Crippen molar-refractivity contribution in [2.45, 2.75) is 69.6 Å². The number of hydrogen-bond donors (Lipinski definition) is 1. The molecule has 3 atom stereocenters. The summed E-state index contributed by atoms with van der Waals surface area (Å²) in [6.45, 7) is 2.61. The molecule has 1 aliphatic carbocycles. The van der Waals surface area contributed by atoms with Crippen LogP contribution in [0.2, 0.25) is 0 Å². The summed E-state index contributed by atoms with van der Waals surface area (Å²) in [7, 11) is -3.13. The molecule has 2 saturated heterocycles. The third kappa shape index (κ3) is 3.72. The van der Waals surface area contributed by atoms with Gasteiger partial charge in [-0.15, -0.1) is 0 Å². The Morgan fingerprint density at radius 1 is 1.22 bits per heavy atom. The van der Waals surface area contributed by atoms with Crippen LogP contribution in [0.3, 0.4) is 0 Å². The molecule has 3 aliphatic rings. The van der Waals surface area contributed by atoms with Crippen molar-refractivity contribution in [2.24, 2.45) is 5.92 Å². The molecule has 2 heterocycles. The molecular weight excluding hydrogens is 316 g/mol. The lowest BCUT2D eigenvalue weighted by Gasteiger charge is -2.53. The minimum absolute atomic E-state index is 0.0185. The zero-order valence-corrected chi connectivity index (χ0v) is 14.9. The summed E-state index contributed by atoms with van der Waals surface area (Å²) in [6, 6.07) is 0.163. The highest BCUT2D eigenvalue weighted by Gasteiger charge is 2.49. The fourth-order valence-corrected chi connectivity index (χ4v) is 5.47. The largest absolute Gasteiger partial charge is 0.371 e. The van der Waals surface area contributed by atoms with Crippen molar-refractivity contribution in [3.05, 3.63) is 0 Å². The monoisotopic (exact) mass is 344 g/mol. The summed E-state index contributed by atoms with van der Waals surface area (Å²) in [4.78, 5) is 11.6. The van der Waals surface area contributed by atoms with Gasteiger partial charge in [-0.1, -0.05) is 12.8 Å². The van der Waals surface area contributed by atoms with Crippen molar-refractivity contribution in [3.63, 3.8) is 0 Å². The van der Waals surface area contributed by atoms with Gasteiger partial charge in [-0.3, -0.25) is 4.79 Å². The van der Waals surface area contributed by atoms with E-state index in [1.807, 2.05) is 0 Å². The van der Waals surface area contributed by atoms with E-state index >= 15 is 0 Å². The molecule has 3 rings (SSSR count). The highest BCUT2D eigenvalue weighted by atomic mass is 32.2. The highest BCUT2D eigenvalue weighted by Crippen LogP contribution is 2.44. The van der Waals surface area contributed by atoms with Crippen LogP contribution in [-0.4, -0.2) is 55.7 Å². The third-order valence-corrected chi connectivity index (χ3v) is 7.06.